The highest BCUT2D eigenvalue weighted by Gasteiger charge is 2.16. The molecular formula is C32H25N5O3S2. The summed E-state index contributed by atoms with van der Waals surface area (Å²) in [5.41, 5.74) is 3.46. The molecule has 0 saturated carbocycles. The van der Waals surface area contributed by atoms with Crippen LogP contribution in [-0.4, -0.2) is 33.4 Å². The number of hydrogen-bond acceptors (Lipinski definition) is 7. The van der Waals surface area contributed by atoms with Crippen molar-refractivity contribution in [3.05, 3.63) is 132 Å². The maximum Gasteiger partial charge on any atom is 0.272 e. The van der Waals surface area contributed by atoms with Gasteiger partial charge in [0.2, 0.25) is 5.91 Å². The lowest BCUT2D eigenvalue weighted by atomic mass is 10.2. The molecule has 0 unspecified atom stereocenters. The average Bonchev–Trinajstić information content (AvgIpc) is 3.49. The number of nitrogens with zero attached hydrogens (tertiary/aromatic N) is 2. The first kappa shape index (κ1) is 28.5. The van der Waals surface area contributed by atoms with Gasteiger partial charge in [-0.15, -0.1) is 23.1 Å². The third-order valence-electron chi connectivity index (χ3n) is 5.81. The fourth-order valence-corrected chi connectivity index (χ4v) is 5.30. The zero-order chi connectivity index (χ0) is 29.1. The summed E-state index contributed by atoms with van der Waals surface area (Å²) in [5, 5.41) is 10.8. The van der Waals surface area contributed by atoms with Crippen LogP contribution in [0.1, 0.15) is 15.9 Å². The summed E-state index contributed by atoms with van der Waals surface area (Å²) in [5.74, 6) is -0.932. The van der Waals surface area contributed by atoms with Gasteiger partial charge in [0.05, 0.1) is 11.4 Å². The molecule has 0 aliphatic carbocycles. The number of hydrogen-bond donors (Lipinski definition) is 3. The number of thioether (sulfide) groups is 1. The Bertz CT molecular complexity index is 1710. The summed E-state index contributed by atoms with van der Waals surface area (Å²) >= 11 is 2.70. The van der Waals surface area contributed by atoms with Crippen molar-refractivity contribution >= 4 is 57.7 Å². The minimum Gasteiger partial charge on any atom is -0.321 e. The fourth-order valence-electron chi connectivity index (χ4n) is 3.81. The largest absolute Gasteiger partial charge is 0.321 e. The second kappa shape index (κ2) is 14.0. The number of rotatable bonds is 10. The predicted molar refractivity (Wildman–Crippen MR) is 168 cm³/mol. The molecule has 10 heteroatoms. The zero-order valence-electron chi connectivity index (χ0n) is 22.2. The molecular weight excluding hydrogens is 567 g/mol. The third kappa shape index (κ3) is 8.00. The summed E-state index contributed by atoms with van der Waals surface area (Å²) in [4.78, 5) is 48.1. The number of nitrogens with one attached hydrogen (secondary N) is 3. The molecule has 8 nitrogen and oxygen atoms in total. The molecule has 5 rings (SSSR count). The number of aromatic nitrogens is 2. The molecule has 0 saturated heterocycles. The van der Waals surface area contributed by atoms with Gasteiger partial charge in [-0.2, -0.15) is 0 Å². The lowest BCUT2D eigenvalue weighted by molar-refractivity contribution is -0.114. The summed E-state index contributed by atoms with van der Waals surface area (Å²) in [6.45, 7) is 0. The van der Waals surface area contributed by atoms with Gasteiger partial charge in [0.25, 0.3) is 11.8 Å². The molecule has 3 aromatic carbocycles. The van der Waals surface area contributed by atoms with Crippen molar-refractivity contribution in [3.8, 4) is 11.3 Å². The van der Waals surface area contributed by atoms with Crippen molar-refractivity contribution in [3.63, 3.8) is 0 Å². The molecule has 3 N–H and O–H groups in total. The molecule has 2 heterocycles. The lowest BCUT2D eigenvalue weighted by Gasteiger charge is -2.12. The Kier molecular flexibility index (Phi) is 9.50. The Morgan fingerprint density at radius 1 is 0.857 bits per heavy atom. The number of carbonyl (C=O) groups is 3. The van der Waals surface area contributed by atoms with E-state index in [-0.39, 0.29) is 17.4 Å². The van der Waals surface area contributed by atoms with Gasteiger partial charge in [-0.25, -0.2) is 4.98 Å². The first-order valence-electron chi connectivity index (χ1n) is 12.9. The fraction of sp³-hybridized carbons (Fsp3) is 0.0312. The molecule has 2 aromatic heterocycles. The molecule has 5 aromatic rings. The van der Waals surface area contributed by atoms with Gasteiger partial charge in [-0.1, -0.05) is 60.7 Å². The van der Waals surface area contributed by atoms with Crippen LogP contribution in [0, 0.1) is 0 Å². The monoisotopic (exact) mass is 591 g/mol. The van der Waals surface area contributed by atoms with Gasteiger partial charge >= 0.3 is 0 Å². The minimum absolute atomic E-state index is 0.0626. The quantitative estimate of drug-likeness (QED) is 0.129. The van der Waals surface area contributed by atoms with Crippen molar-refractivity contribution in [2.75, 3.05) is 16.4 Å². The molecule has 208 valence electrons. The van der Waals surface area contributed by atoms with Crippen molar-refractivity contribution in [2.45, 2.75) is 4.90 Å². The summed E-state index contributed by atoms with van der Waals surface area (Å²) in [7, 11) is 0. The standard InChI is InChI=1S/C32H25N5O3S2/c38-29(37-32-36-28(20-42-32)23-10-3-1-4-11-23)21-41-26-15-7-14-25(18-26)34-31(40)27(17-22-9-8-16-33-19-22)35-30(39)24-12-5-2-6-13-24/h1-20H,21H2,(H,34,40)(H,35,39)(H,36,37,38)/b27-17-. The van der Waals surface area contributed by atoms with E-state index in [4.69, 9.17) is 0 Å². The Labute approximate surface area is 250 Å². The van der Waals surface area contributed by atoms with Gasteiger partial charge in [0.15, 0.2) is 5.13 Å². The van der Waals surface area contributed by atoms with Gasteiger partial charge in [-0.3, -0.25) is 19.4 Å². The van der Waals surface area contributed by atoms with E-state index >= 15 is 0 Å². The smallest absolute Gasteiger partial charge is 0.272 e. The molecule has 0 aliphatic rings. The van der Waals surface area contributed by atoms with E-state index in [0.29, 0.717) is 21.9 Å². The third-order valence-corrected chi connectivity index (χ3v) is 7.56. The van der Waals surface area contributed by atoms with Gasteiger partial charge < -0.3 is 16.0 Å². The van der Waals surface area contributed by atoms with Crippen LogP contribution in [0.3, 0.4) is 0 Å². The highest BCUT2D eigenvalue weighted by molar-refractivity contribution is 8.00. The lowest BCUT2D eigenvalue weighted by Crippen LogP contribution is -2.30. The average molecular weight is 592 g/mol. The first-order chi connectivity index (χ1) is 20.5. The number of thiazole rings is 1. The minimum atomic E-state index is -0.499. The van der Waals surface area contributed by atoms with Crippen LogP contribution in [0.15, 0.2) is 125 Å². The maximum absolute atomic E-state index is 13.3. The van der Waals surface area contributed by atoms with E-state index in [1.165, 1.54) is 23.1 Å². The number of carbonyl (C=O) groups excluding carboxylic acids is 3. The van der Waals surface area contributed by atoms with E-state index in [2.05, 4.69) is 25.9 Å². The molecule has 3 amide bonds. The van der Waals surface area contributed by atoms with Crippen LogP contribution < -0.4 is 16.0 Å². The Morgan fingerprint density at radius 2 is 1.64 bits per heavy atom. The number of anilines is 2. The van der Waals surface area contributed by atoms with Crippen LogP contribution in [0.2, 0.25) is 0 Å². The van der Waals surface area contributed by atoms with Gasteiger partial charge in [0.1, 0.15) is 5.70 Å². The Balaban J connectivity index is 1.21. The number of amides is 3. The molecule has 0 aliphatic heterocycles. The molecule has 0 spiro atoms. The van der Waals surface area contributed by atoms with Crippen molar-refractivity contribution in [2.24, 2.45) is 0 Å². The van der Waals surface area contributed by atoms with E-state index in [0.717, 1.165) is 16.2 Å². The van der Waals surface area contributed by atoms with E-state index < -0.39 is 11.8 Å². The number of benzene rings is 3. The highest BCUT2D eigenvalue weighted by atomic mass is 32.2. The highest BCUT2D eigenvalue weighted by Crippen LogP contribution is 2.26. The summed E-state index contributed by atoms with van der Waals surface area (Å²) in [6, 6.07) is 29.1. The molecule has 0 fully saturated rings. The summed E-state index contributed by atoms with van der Waals surface area (Å²) in [6.07, 6.45) is 4.79. The van der Waals surface area contributed by atoms with Gasteiger partial charge in [0, 0.05) is 39.5 Å². The normalized spacial score (nSPS) is 11.0. The van der Waals surface area contributed by atoms with E-state index in [1.807, 2.05) is 47.8 Å². The zero-order valence-corrected chi connectivity index (χ0v) is 23.8. The Hall–Kier alpha value is -5.06. The van der Waals surface area contributed by atoms with Crippen molar-refractivity contribution < 1.29 is 14.4 Å². The predicted octanol–water partition coefficient (Wildman–Crippen LogP) is 6.35. The van der Waals surface area contributed by atoms with E-state index in [1.54, 1.807) is 73.1 Å². The topological polar surface area (TPSA) is 113 Å². The molecule has 42 heavy (non-hydrogen) atoms. The summed E-state index contributed by atoms with van der Waals surface area (Å²) < 4.78 is 0. The number of pyridine rings is 1. The molecule has 0 radical (unpaired) electrons. The van der Waals surface area contributed by atoms with Crippen LogP contribution in [0.25, 0.3) is 17.3 Å². The second-order valence-corrected chi connectivity index (χ2v) is 10.8. The van der Waals surface area contributed by atoms with Crippen LogP contribution >= 0.6 is 23.1 Å². The molecule has 0 bridgehead atoms. The van der Waals surface area contributed by atoms with Crippen molar-refractivity contribution in [1.82, 2.24) is 15.3 Å². The van der Waals surface area contributed by atoms with Crippen molar-refractivity contribution in [1.29, 1.82) is 0 Å². The van der Waals surface area contributed by atoms with Gasteiger partial charge in [-0.05, 0) is 48.0 Å². The first-order valence-corrected chi connectivity index (χ1v) is 14.7. The van der Waals surface area contributed by atoms with Crippen LogP contribution in [-0.2, 0) is 9.59 Å². The SMILES string of the molecule is O=C(CSc1cccc(NC(=O)/C(=C/c2cccnc2)NC(=O)c2ccccc2)c1)Nc1nc(-c2ccccc2)cs1. The Morgan fingerprint density at radius 3 is 2.40 bits per heavy atom. The van der Waals surface area contributed by atoms with Crippen LogP contribution in [0.4, 0.5) is 10.8 Å². The van der Waals surface area contributed by atoms with E-state index in [9.17, 15) is 14.4 Å². The van der Waals surface area contributed by atoms with Crippen LogP contribution in [0.5, 0.6) is 0 Å². The molecule has 0 atom stereocenters. The maximum atomic E-state index is 13.3. The second-order valence-electron chi connectivity index (χ2n) is 8.89.